The van der Waals surface area contributed by atoms with Gasteiger partial charge in [-0.2, -0.15) is 0 Å². The molecule has 0 amide bonds. The zero-order valence-electron chi connectivity index (χ0n) is 10.7. The fourth-order valence-electron chi connectivity index (χ4n) is 2.15. The molecule has 3 aromatic rings. The second kappa shape index (κ2) is 5.69. The summed E-state index contributed by atoms with van der Waals surface area (Å²) in [4.78, 5) is 13.6. The Morgan fingerprint density at radius 1 is 1.30 bits per heavy atom. The number of rotatable bonds is 4. The Morgan fingerprint density at radius 3 is 2.90 bits per heavy atom. The molecule has 0 saturated heterocycles. The van der Waals surface area contributed by atoms with E-state index in [1.165, 1.54) is 21.3 Å². The summed E-state index contributed by atoms with van der Waals surface area (Å²) in [5.41, 5.74) is 0. The zero-order chi connectivity index (χ0) is 13.9. The number of aromatic nitrogens is 3. The first-order valence-electron chi connectivity index (χ1n) is 6.21. The summed E-state index contributed by atoms with van der Waals surface area (Å²) in [5, 5.41) is 1.46. The van der Waals surface area contributed by atoms with Crippen LogP contribution in [0.5, 0.6) is 0 Å². The first-order chi connectivity index (χ1) is 9.78. The fraction of sp³-hybridized carbons (Fsp3) is 0.133. The summed E-state index contributed by atoms with van der Waals surface area (Å²) in [6.45, 7) is 3.83. The van der Waals surface area contributed by atoms with Crippen LogP contribution in [0.3, 0.4) is 0 Å². The van der Waals surface area contributed by atoms with E-state index in [1.807, 2.05) is 18.2 Å². The predicted octanol–water partition coefficient (Wildman–Crippen LogP) is 4.45. The van der Waals surface area contributed by atoms with Crippen molar-refractivity contribution in [1.82, 2.24) is 15.0 Å². The van der Waals surface area contributed by atoms with Crippen molar-refractivity contribution in [2.45, 2.75) is 12.3 Å². The lowest BCUT2D eigenvalue weighted by Crippen LogP contribution is -2.04. The molecule has 0 fully saturated rings. The number of allylic oxidation sites excluding steroid dienone is 1. The molecule has 20 heavy (non-hydrogen) atoms. The Kier molecular flexibility index (Phi) is 3.76. The van der Waals surface area contributed by atoms with Crippen LogP contribution in [0.4, 0.5) is 0 Å². The van der Waals surface area contributed by atoms with E-state index in [1.54, 1.807) is 11.3 Å². The van der Waals surface area contributed by atoms with Crippen LogP contribution in [0.25, 0.3) is 10.1 Å². The number of nitrogens with zero attached hydrogens (tertiary/aromatic N) is 3. The van der Waals surface area contributed by atoms with Crippen molar-refractivity contribution < 1.29 is 0 Å². The van der Waals surface area contributed by atoms with Crippen molar-refractivity contribution in [2.24, 2.45) is 0 Å². The molecule has 0 N–H and O–H groups in total. The molecule has 2 heterocycles. The minimum absolute atomic E-state index is 0.0744. The van der Waals surface area contributed by atoms with E-state index >= 15 is 0 Å². The van der Waals surface area contributed by atoms with Gasteiger partial charge in [-0.15, -0.1) is 17.9 Å². The largest absolute Gasteiger partial charge is 0.225 e. The molecule has 100 valence electrons. The van der Waals surface area contributed by atoms with E-state index < -0.39 is 0 Å². The van der Waals surface area contributed by atoms with Gasteiger partial charge in [0.15, 0.2) is 0 Å². The molecule has 0 aliphatic carbocycles. The molecule has 2 aromatic heterocycles. The van der Waals surface area contributed by atoms with Crippen LogP contribution < -0.4 is 0 Å². The van der Waals surface area contributed by atoms with Crippen LogP contribution >= 0.6 is 22.9 Å². The number of hydrogen-bond donors (Lipinski definition) is 0. The molecule has 0 aliphatic heterocycles. The van der Waals surface area contributed by atoms with E-state index in [-0.39, 0.29) is 11.2 Å². The Balaban J connectivity index is 2.07. The molecular formula is C15H12ClN3S. The number of fused-ring (bicyclic) bond motifs is 1. The Bertz CT molecular complexity index is 720. The third-order valence-corrected chi connectivity index (χ3v) is 4.48. The lowest BCUT2D eigenvalue weighted by molar-refractivity contribution is 0.755. The average molecular weight is 302 g/mol. The molecule has 0 bridgehead atoms. The van der Waals surface area contributed by atoms with Crippen LogP contribution in [0, 0.1) is 0 Å². The molecule has 1 atom stereocenters. The summed E-state index contributed by atoms with van der Waals surface area (Å²) < 4.78 is 1.26. The monoisotopic (exact) mass is 301 g/mol. The predicted molar refractivity (Wildman–Crippen MR) is 83.3 cm³/mol. The van der Waals surface area contributed by atoms with Gasteiger partial charge in [0.05, 0.1) is 5.92 Å². The normalized spacial score (nSPS) is 12.4. The van der Waals surface area contributed by atoms with Gasteiger partial charge in [0.1, 0.15) is 12.2 Å². The van der Waals surface area contributed by atoms with Gasteiger partial charge in [-0.3, -0.25) is 0 Å². The lowest BCUT2D eigenvalue weighted by Gasteiger charge is -2.11. The molecule has 0 aliphatic rings. The highest BCUT2D eigenvalue weighted by molar-refractivity contribution is 7.19. The SMILES string of the molecule is C=CCC(c1ncnc(Cl)n1)c1cc2ccccc2s1. The van der Waals surface area contributed by atoms with E-state index in [9.17, 15) is 0 Å². The molecule has 3 rings (SSSR count). The van der Waals surface area contributed by atoms with Gasteiger partial charge in [-0.25, -0.2) is 15.0 Å². The van der Waals surface area contributed by atoms with Gasteiger partial charge >= 0.3 is 0 Å². The molecular weight excluding hydrogens is 290 g/mol. The molecule has 3 nitrogen and oxygen atoms in total. The molecule has 0 saturated carbocycles. The van der Waals surface area contributed by atoms with Crippen LogP contribution in [0.2, 0.25) is 5.28 Å². The van der Waals surface area contributed by atoms with Crippen LogP contribution in [-0.2, 0) is 0 Å². The first kappa shape index (κ1) is 13.2. The molecule has 1 unspecified atom stereocenters. The van der Waals surface area contributed by atoms with Crippen molar-refractivity contribution in [3.05, 3.63) is 65.3 Å². The maximum absolute atomic E-state index is 5.87. The van der Waals surface area contributed by atoms with E-state index in [0.29, 0.717) is 5.82 Å². The molecule has 5 heteroatoms. The maximum atomic E-state index is 5.87. The minimum Gasteiger partial charge on any atom is -0.221 e. The van der Waals surface area contributed by atoms with Gasteiger partial charge in [-0.05, 0) is 35.5 Å². The quantitative estimate of drug-likeness (QED) is 0.668. The summed E-state index contributed by atoms with van der Waals surface area (Å²) in [6, 6.07) is 10.5. The van der Waals surface area contributed by atoms with Crippen LogP contribution in [0.1, 0.15) is 23.0 Å². The fourth-order valence-corrected chi connectivity index (χ4v) is 3.45. The Labute approximate surface area is 126 Å². The molecule has 1 aromatic carbocycles. The average Bonchev–Trinajstić information content (AvgIpc) is 2.88. The van der Waals surface area contributed by atoms with Gasteiger partial charge in [0, 0.05) is 9.58 Å². The number of hydrogen-bond acceptors (Lipinski definition) is 4. The highest BCUT2D eigenvalue weighted by Crippen LogP contribution is 2.35. The number of halogens is 1. The summed E-state index contributed by atoms with van der Waals surface area (Å²) >= 11 is 7.63. The van der Waals surface area contributed by atoms with E-state index in [0.717, 1.165) is 6.42 Å². The standard InChI is InChI=1S/C15H12ClN3S/c1-2-5-11(14-17-9-18-15(16)19-14)13-8-10-6-3-4-7-12(10)20-13/h2-4,6-9,11H,1,5H2. The topological polar surface area (TPSA) is 38.7 Å². The third-order valence-electron chi connectivity index (χ3n) is 3.06. The highest BCUT2D eigenvalue weighted by Gasteiger charge is 2.19. The number of benzene rings is 1. The second-order valence-corrected chi connectivity index (χ2v) is 5.83. The minimum atomic E-state index is 0.0744. The van der Waals surface area contributed by atoms with Crippen LogP contribution in [-0.4, -0.2) is 15.0 Å². The second-order valence-electron chi connectivity index (χ2n) is 4.38. The smallest absolute Gasteiger partial charge is 0.221 e. The summed E-state index contributed by atoms with van der Waals surface area (Å²) in [6.07, 6.45) is 4.11. The summed E-state index contributed by atoms with van der Waals surface area (Å²) in [5.74, 6) is 0.766. The molecule has 0 spiro atoms. The van der Waals surface area contributed by atoms with Crippen molar-refractivity contribution in [3.63, 3.8) is 0 Å². The van der Waals surface area contributed by atoms with Gasteiger partial charge < -0.3 is 0 Å². The van der Waals surface area contributed by atoms with Gasteiger partial charge in [0.25, 0.3) is 0 Å². The van der Waals surface area contributed by atoms with Crippen molar-refractivity contribution in [1.29, 1.82) is 0 Å². The molecule has 0 radical (unpaired) electrons. The van der Waals surface area contributed by atoms with Crippen molar-refractivity contribution >= 4 is 33.0 Å². The van der Waals surface area contributed by atoms with Crippen molar-refractivity contribution in [2.75, 3.05) is 0 Å². The van der Waals surface area contributed by atoms with E-state index in [4.69, 9.17) is 11.6 Å². The lowest BCUT2D eigenvalue weighted by atomic mass is 10.0. The Morgan fingerprint density at radius 2 is 2.15 bits per heavy atom. The van der Waals surface area contributed by atoms with Crippen LogP contribution in [0.15, 0.2) is 49.3 Å². The summed E-state index contributed by atoms with van der Waals surface area (Å²) in [7, 11) is 0. The third kappa shape index (κ3) is 2.57. The van der Waals surface area contributed by atoms with Crippen molar-refractivity contribution in [3.8, 4) is 0 Å². The number of thiophene rings is 1. The van der Waals surface area contributed by atoms with Gasteiger partial charge in [0.2, 0.25) is 5.28 Å². The Hall–Kier alpha value is -1.78. The zero-order valence-corrected chi connectivity index (χ0v) is 12.2. The van der Waals surface area contributed by atoms with Gasteiger partial charge in [-0.1, -0.05) is 24.3 Å². The highest BCUT2D eigenvalue weighted by atomic mass is 35.5. The van der Waals surface area contributed by atoms with E-state index in [2.05, 4.69) is 39.7 Å². The first-order valence-corrected chi connectivity index (χ1v) is 7.41. The maximum Gasteiger partial charge on any atom is 0.225 e.